The largest absolute Gasteiger partial charge is 0.327 e. The molecule has 1 aromatic rings. The maximum atomic E-state index is 6.71. The van der Waals surface area contributed by atoms with Gasteiger partial charge in [-0.1, -0.05) is 69.9 Å². The zero-order chi connectivity index (χ0) is 13.0. The van der Waals surface area contributed by atoms with E-state index in [1.54, 1.807) is 0 Å². The predicted molar refractivity (Wildman–Crippen MR) is 78.6 cm³/mol. The molecule has 0 amide bonds. The molecule has 1 heteroatoms. The van der Waals surface area contributed by atoms with Crippen molar-refractivity contribution in [1.29, 1.82) is 0 Å². The third-order valence-electron chi connectivity index (χ3n) is 5.04. The van der Waals surface area contributed by atoms with Crippen LogP contribution in [0.15, 0.2) is 30.3 Å². The van der Waals surface area contributed by atoms with Crippen molar-refractivity contribution in [2.24, 2.45) is 11.7 Å². The Balaban J connectivity index is 2.32. The van der Waals surface area contributed by atoms with E-state index in [1.165, 1.54) is 44.1 Å². The number of hydrogen-bond acceptors (Lipinski definition) is 1. The molecule has 0 saturated heterocycles. The lowest BCUT2D eigenvalue weighted by Crippen LogP contribution is -2.48. The van der Waals surface area contributed by atoms with Gasteiger partial charge in [0.05, 0.1) is 0 Å². The highest BCUT2D eigenvalue weighted by Crippen LogP contribution is 2.45. The molecule has 100 valence electrons. The van der Waals surface area contributed by atoms with Gasteiger partial charge < -0.3 is 5.73 Å². The Morgan fingerprint density at radius 1 is 1.06 bits per heavy atom. The highest BCUT2D eigenvalue weighted by Gasteiger charge is 2.43. The maximum absolute atomic E-state index is 6.71. The molecule has 1 unspecified atom stereocenters. The molecule has 1 atom stereocenters. The topological polar surface area (TPSA) is 26.0 Å². The summed E-state index contributed by atoms with van der Waals surface area (Å²) in [5, 5.41) is 0. The van der Waals surface area contributed by atoms with Crippen LogP contribution in [0.5, 0.6) is 0 Å². The van der Waals surface area contributed by atoms with Gasteiger partial charge in [0.2, 0.25) is 0 Å². The second kappa shape index (κ2) is 5.88. The molecule has 0 aromatic heterocycles. The molecule has 1 nitrogen and oxygen atoms in total. The van der Waals surface area contributed by atoms with E-state index in [1.807, 2.05) is 0 Å². The first-order chi connectivity index (χ1) is 8.74. The molecule has 18 heavy (non-hydrogen) atoms. The fourth-order valence-electron chi connectivity index (χ4n) is 3.84. The normalized spacial score (nSPS) is 20.2. The van der Waals surface area contributed by atoms with Crippen molar-refractivity contribution in [3.8, 4) is 0 Å². The van der Waals surface area contributed by atoms with Crippen molar-refractivity contribution >= 4 is 0 Å². The monoisotopic (exact) mass is 245 g/mol. The van der Waals surface area contributed by atoms with E-state index in [0.29, 0.717) is 12.0 Å². The zero-order valence-corrected chi connectivity index (χ0v) is 11.9. The summed E-state index contributed by atoms with van der Waals surface area (Å²) in [4.78, 5) is 0. The molecule has 1 saturated carbocycles. The maximum Gasteiger partial charge on any atom is 0.0165 e. The molecule has 1 aliphatic rings. The first-order valence-electron chi connectivity index (χ1n) is 7.55. The Morgan fingerprint density at radius 2 is 1.61 bits per heavy atom. The molecule has 0 bridgehead atoms. The van der Waals surface area contributed by atoms with Gasteiger partial charge in [0.15, 0.2) is 0 Å². The van der Waals surface area contributed by atoms with Gasteiger partial charge >= 0.3 is 0 Å². The summed E-state index contributed by atoms with van der Waals surface area (Å²) < 4.78 is 0. The van der Waals surface area contributed by atoms with E-state index in [4.69, 9.17) is 5.73 Å². The van der Waals surface area contributed by atoms with E-state index in [2.05, 4.69) is 44.2 Å². The lowest BCUT2D eigenvalue weighted by molar-refractivity contribution is 0.250. The van der Waals surface area contributed by atoms with Gasteiger partial charge in [-0.3, -0.25) is 0 Å². The highest BCUT2D eigenvalue weighted by atomic mass is 14.7. The van der Waals surface area contributed by atoms with Crippen LogP contribution in [0, 0.1) is 5.92 Å². The summed E-state index contributed by atoms with van der Waals surface area (Å²) in [6.45, 7) is 4.56. The minimum atomic E-state index is 0.248. The SMILES string of the molecule is CCC(CC)C(N)C1(c2ccccc2)CCCC1. The summed E-state index contributed by atoms with van der Waals surface area (Å²) in [5.74, 6) is 0.656. The molecule has 0 spiro atoms. The fraction of sp³-hybridized carbons (Fsp3) is 0.647. The Labute approximate surface area is 112 Å². The zero-order valence-electron chi connectivity index (χ0n) is 11.9. The van der Waals surface area contributed by atoms with Crippen molar-refractivity contribution in [2.45, 2.75) is 63.8 Å². The molecule has 0 aliphatic heterocycles. The van der Waals surface area contributed by atoms with Gasteiger partial charge in [-0.15, -0.1) is 0 Å². The van der Waals surface area contributed by atoms with E-state index in [0.717, 1.165) is 0 Å². The van der Waals surface area contributed by atoms with E-state index >= 15 is 0 Å². The summed E-state index contributed by atoms with van der Waals surface area (Å²) >= 11 is 0. The lowest BCUT2D eigenvalue weighted by Gasteiger charge is -2.40. The molecular formula is C17H27N. The number of hydrogen-bond donors (Lipinski definition) is 1. The van der Waals surface area contributed by atoms with Gasteiger partial charge in [0, 0.05) is 11.5 Å². The van der Waals surface area contributed by atoms with Gasteiger partial charge in [0.1, 0.15) is 0 Å². The molecule has 2 N–H and O–H groups in total. The average Bonchev–Trinajstić information content (AvgIpc) is 2.91. The Hall–Kier alpha value is -0.820. The molecule has 0 radical (unpaired) electrons. The lowest BCUT2D eigenvalue weighted by atomic mass is 9.68. The van der Waals surface area contributed by atoms with E-state index in [9.17, 15) is 0 Å². The van der Waals surface area contributed by atoms with Crippen molar-refractivity contribution in [2.75, 3.05) is 0 Å². The molecule has 2 rings (SSSR count). The van der Waals surface area contributed by atoms with E-state index in [-0.39, 0.29) is 5.41 Å². The highest BCUT2D eigenvalue weighted by molar-refractivity contribution is 5.29. The van der Waals surface area contributed by atoms with Crippen molar-refractivity contribution in [1.82, 2.24) is 0 Å². The second-order valence-electron chi connectivity index (χ2n) is 5.83. The van der Waals surface area contributed by atoms with Crippen molar-refractivity contribution in [3.63, 3.8) is 0 Å². The summed E-state index contributed by atoms with van der Waals surface area (Å²) in [6.07, 6.45) is 7.62. The molecule has 1 fully saturated rings. The van der Waals surface area contributed by atoms with Gasteiger partial charge in [-0.25, -0.2) is 0 Å². The van der Waals surface area contributed by atoms with Gasteiger partial charge in [-0.2, -0.15) is 0 Å². The van der Waals surface area contributed by atoms with Crippen LogP contribution in [-0.4, -0.2) is 6.04 Å². The Morgan fingerprint density at radius 3 is 2.11 bits per heavy atom. The quantitative estimate of drug-likeness (QED) is 0.824. The number of benzene rings is 1. The molecule has 1 aliphatic carbocycles. The summed E-state index contributed by atoms with van der Waals surface area (Å²) in [7, 11) is 0. The molecular weight excluding hydrogens is 218 g/mol. The summed E-state index contributed by atoms with van der Waals surface area (Å²) in [5.41, 5.74) is 8.43. The van der Waals surface area contributed by atoms with Crippen LogP contribution >= 0.6 is 0 Å². The van der Waals surface area contributed by atoms with E-state index < -0.39 is 0 Å². The van der Waals surface area contributed by atoms with Crippen LogP contribution in [-0.2, 0) is 5.41 Å². The fourth-order valence-corrected chi connectivity index (χ4v) is 3.84. The first-order valence-corrected chi connectivity index (χ1v) is 7.55. The second-order valence-corrected chi connectivity index (χ2v) is 5.83. The molecule has 0 heterocycles. The first kappa shape index (κ1) is 13.6. The van der Waals surface area contributed by atoms with Crippen LogP contribution in [0.25, 0.3) is 0 Å². The minimum Gasteiger partial charge on any atom is -0.327 e. The smallest absolute Gasteiger partial charge is 0.0165 e. The predicted octanol–water partition coefficient (Wildman–Crippen LogP) is 4.26. The van der Waals surface area contributed by atoms with Gasteiger partial charge in [0.25, 0.3) is 0 Å². The standard InChI is InChI=1S/C17H27N/c1-3-14(4-2)16(18)17(12-8-9-13-17)15-10-6-5-7-11-15/h5-7,10-11,14,16H,3-4,8-9,12-13,18H2,1-2H3. The van der Waals surface area contributed by atoms with Gasteiger partial charge in [-0.05, 0) is 24.3 Å². The Bertz CT molecular complexity index is 347. The van der Waals surface area contributed by atoms with Crippen LogP contribution in [0.3, 0.4) is 0 Å². The van der Waals surface area contributed by atoms with Crippen molar-refractivity contribution < 1.29 is 0 Å². The van der Waals surface area contributed by atoms with Crippen LogP contribution in [0.4, 0.5) is 0 Å². The van der Waals surface area contributed by atoms with Crippen LogP contribution in [0.1, 0.15) is 57.9 Å². The minimum absolute atomic E-state index is 0.248. The molecule has 1 aromatic carbocycles. The van der Waals surface area contributed by atoms with Crippen LogP contribution < -0.4 is 5.73 Å². The third-order valence-corrected chi connectivity index (χ3v) is 5.04. The average molecular weight is 245 g/mol. The van der Waals surface area contributed by atoms with Crippen molar-refractivity contribution in [3.05, 3.63) is 35.9 Å². The third kappa shape index (κ3) is 2.33. The Kier molecular flexibility index (Phi) is 4.45. The number of nitrogens with two attached hydrogens (primary N) is 1. The summed E-state index contributed by atoms with van der Waals surface area (Å²) in [6, 6.07) is 11.3. The number of rotatable bonds is 5. The van der Waals surface area contributed by atoms with Crippen LogP contribution in [0.2, 0.25) is 0 Å².